The van der Waals surface area contributed by atoms with Crippen LogP contribution in [0.1, 0.15) is 24.2 Å². The number of amides is 1. The molecule has 0 aliphatic heterocycles. The molecule has 1 amide bonds. The number of nitrogens with one attached hydrogen (secondary N) is 1. The largest absolute Gasteiger partial charge is 0.497 e. The molecule has 1 aromatic heterocycles. The Balaban J connectivity index is 2.37. The third-order valence-corrected chi connectivity index (χ3v) is 3.57. The molecular weight excluding hydrogens is 280 g/mol. The Kier molecular flexibility index (Phi) is 4.99. The smallest absolute Gasteiger partial charge is 0.261 e. The van der Waals surface area contributed by atoms with Crippen LogP contribution in [0.25, 0.3) is 11.3 Å². The lowest BCUT2D eigenvalue weighted by atomic mass is 10.1. The van der Waals surface area contributed by atoms with E-state index in [4.69, 9.17) is 4.74 Å². The van der Waals surface area contributed by atoms with Gasteiger partial charge in [-0.25, -0.2) is 0 Å². The Morgan fingerprint density at radius 2 is 1.91 bits per heavy atom. The Hall–Kier alpha value is -2.56. The minimum absolute atomic E-state index is 0.162. The average Bonchev–Trinajstić information content (AvgIpc) is 2.55. The zero-order valence-corrected chi connectivity index (χ0v) is 13.1. The number of aromatic nitrogens is 1. The normalized spacial score (nSPS) is 10.3. The number of carbonyl (C=O) groups excluding carboxylic acids is 1. The van der Waals surface area contributed by atoms with Crippen LogP contribution in [0.3, 0.4) is 0 Å². The monoisotopic (exact) mass is 300 g/mol. The van der Waals surface area contributed by atoms with Crippen LogP contribution in [0.15, 0.2) is 41.2 Å². The Morgan fingerprint density at radius 3 is 2.50 bits per heavy atom. The first kappa shape index (κ1) is 15.8. The van der Waals surface area contributed by atoms with Gasteiger partial charge in [0.2, 0.25) is 0 Å². The predicted octanol–water partition coefficient (Wildman–Crippen LogP) is 2.53. The molecule has 0 saturated heterocycles. The van der Waals surface area contributed by atoms with Gasteiger partial charge in [-0.2, -0.15) is 0 Å². The highest BCUT2D eigenvalue weighted by atomic mass is 16.5. The molecule has 0 spiro atoms. The predicted molar refractivity (Wildman–Crippen MR) is 86.3 cm³/mol. The molecule has 1 aromatic carbocycles. The number of carbonyl (C=O) groups is 1. The highest BCUT2D eigenvalue weighted by molar-refractivity contribution is 5.94. The molecular formula is C17H20N2O3. The van der Waals surface area contributed by atoms with Crippen molar-refractivity contribution in [2.45, 2.75) is 13.8 Å². The number of H-pyrrole nitrogens is 1. The Labute approximate surface area is 129 Å². The summed E-state index contributed by atoms with van der Waals surface area (Å²) in [5.41, 5.74) is 1.27. The van der Waals surface area contributed by atoms with Gasteiger partial charge in [-0.3, -0.25) is 9.59 Å². The Morgan fingerprint density at radius 1 is 1.18 bits per heavy atom. The van der Waals surface area contributed by atoms with Crippen LogP contribution in [0.4, 0.5) is 0 Å². The maximum absolute atomic E-state index is 12.3. The molecule has 2 aromatic rings. The third kappa shape index (κ3) is 3.19. The van der Waals surface area contributed by atoms with E-state index in [-0.39, 0.29) is 17.0 Å². The van der Waals surface area contributed by atoms with E-state index >= 15 is 0 Å². The highest BCUT2D eigenvalue weighted by Crippen LogP contribution is 2.21. The SMILES string of the molecule is CCN(CC)C(=O)c1ccc(-c2cccc(OC)c2)[nH]c1=O. The third-order valence-electron chi connectivity index (χ3n) is 3.57. The van der Waals surface area contributed by atoms with Crippen molar-refractivity contribution < 1.29 is 9.53 Å². The highest BCUT2D eigenvalue weighted by Gasteiger charge is 2.16. The molecule has 2 rings (SSSR count). The summed E-state index contributed by atoms with van der Waals surface area (Å²) in [6.07, 6.45) is 0. The standard InChI is InChI=1S/C17H20N2O3/c1-4-19(5-2)17(21)14-9-10-15(18-16(14)20)12-7-6-8-13(11-12)22-3/h6-11H,4-5H2,1-3H3,(H,18,20). The van der Waals surface area contributed by atoms with E-state index in [9.17, 15) is 9.59 Å². The number of aromatic amines is 1. The number of ether oxygens (including phenoxy) is 1. The molecule has 1 heterocycles. The summed E-state index contributed by atoms with van der Waals surface area (Å²) in [4.78, 5) is 28.9. The van der Waals surface area contributed by atoms with Crippen LogP contribution in [0, 0.1) is 0 Å². The second-order valence-corrected chi connectivity index (χ2v) is 4.82. The average molecular weight is 300 g/mol. The molecule has 0 saturated carbocycles. The summed E-state index contributed by atoms with van der Waals surface area (Å²) in [5.74, 6) is 0.463. The number of nitrogens with zero attached hydrogens (tertiary/aromatic N) is 1. The second-order valence-electron chi connectivity index (χ2n) is 4.82. The lowest BCUT2D eigenvalue weighted by Crippen LogP contribution is -2.34. The summed E-state index contributed by atoms with van der Waals surface area (Å²) in [5, 5.41) is 0. The first-order valence-corrected chi connectivity index (χ1v) is 7.27. The van der Waals surface area contributed by atoms with Gasteiger partial charge in [-0.05, 0) is 38.1 Å². The van der Waals surface area contributed by atoms with Gasteiger partial charge in [0.15, 0.2) is 0 Å². The molecule has 0 atom stereocenters. The summed E-state index contributed by atoms with van der Waals surface area (Å²) >= 11 is 0. The van der Waals surface area contributed by atoms with Crippen LogP contribution < -0.4 is 10.3 Å². The number of pyridine rings is 1. The first-order chi connectivity index (χ1) is 10.6. The first-order valence-electron chi connectivity index (χ1n) is 7.27. The Bertz CT molecular complexity index is 718. The quantitative estimate of drug-likeness (QED) is 0.923. The molecule has 0 unspecified atom stereocenters. The lowest BCUT2D eigenvalue weighted by Gasteiger charge is -2.18. The maximum Gasteiger partial charge on any atom is 0.261 e. The van der Waals surface area contributed by atoms with Crippen molar-refractivity contribution in [2.75, 3.05) is 20.2 Å². The minimum Gasteiger partial charge on any atom is -0.497 e. The fraction of sp³-hybridized carbons (Fsp3) is 0.294. The van der Waals surface area contributed by atoms with E-state index < -0.39 is 0 Å². The van der Waals surface area contributed by atoms with Gasteiger partial charge < -0.3 is 14.6 Å². The molecule has 5 nitrogen and oxygen atoms in total. The van der Waals surface area contributed by atoms with Gasteiger partial charge in [0.05, 0.1) is 7.11 Å². The van der Waals surface area contributed by atoms with Gasteiger partial charge >= 0.3 is 0 Å². The summed E-state index contributed by atoms with van der Waals surface area (Å²) in [6.45, 7) is 4.93. The van der Waals surface area contributed by atoms with Crippen LogP contribution in [0.5, 0.6) is 5.75 Å². The van der Waals surface area contributed by atoms with Crippen LogP contribution in [-0.4, -0.2) is 36.0 Å². The molecule has 0 radical (unpaired) electrons. The number of hydrogen-bond acceptors (Lipinski definition) is 3. The van der Waals surface area contributed by atoms with E-state index in [1.54, 1.807) is 24.1 Å². The van der Waals surface area contributed by atoms with E-state index in [2.05, 4.69) is 4.98 Å². The van der Waals surface area contributed by atoms with Gasteiger partial charge in [0.1, 0.15) is 11.3 Å². The molecule has 0 aliphatic rings. The zero-order chi connectivity index (χ0) is 16.1. The van der Waals surface area contributed by atoms with E-state index in [0.717, 1.165) is 5.56 Å². The fourth-order valence-corrected chi connectivity index (χ4v) is 2.28. The van der Waals surface area contributed by atoms with Crippen molar-refractivity contribution in [1.82, 2.24) is 9.88 Å². The summed E-state index contributed by atoms with van der Waals surface area (Å²) < 4.78 is 5.18. The van der Waals surface area contributed by atoms with Crippen molar-refractivity contribution in [2.24, 2.45) is 0 Å². The fourth-order valence-electron chi connectivity index (χ4n) is 2.28. The number of hydrogen-bond donors (Lipinski definition) is 1. The van der Waals surface area contributed by atoms with Crippen LogP contribution >= 0.6 is 0 Å². The number of methoxy groups -OCH3 is 1. The van der Waals surface area contributed by atoms with Crippen molar-refractivity contribution in [3.05, 3.63) is 52.3 Å². The topological polar surface area (TPSA) is 62.4 Å². The second kappa shape index (κ2) is 6.93. The zero-order valence-electron chi connectivity index (χ0n) is 13.1. The van der Waals surface area contributed by atoms with Crippen molar-refractivity contribution in [3.8, 4) is 17.0 Å². The summed E-state index contributed by atoms with van der Waals surface area (Å²) in [6, 6.07) is 10.7. The van der Waals surface area contributed by atoms with Crippen molar-refractivity contribution in [1.29, 1.82) is 0 Å². The van der Waals surface area contributed by atoms with E-state index in [1.165, 1.54) is 0 Å². The molecule has 5 heteroatoms. The van der Waals surface area contributed by atoms with Gasteiger partial charge in [0, 0.05) is 24.3 Å². The maximum atomic E-state index is 12.3. The van der Waals surface area contributed by atoms with Crippen molar-refractivity contribution in [3.63, 3.8) is 0 Å². The van der Waals surface area contributed by atoms with Gasteiger partial charge in [-0.15, -0.1) is 0 Å². The van der Waals surface area contributed by atoms with E-state index in [0.29, 0.717) is 24.5 Å². The number of rotatable bonds is 5. The molecule has 116 valence electrons. The lowest BCUT2D eigenvalue weighted by molar-refractivity contribution is 0.0771. The molecule has 0 aliphatic carbocycles. The number of benzene rings is 1. The van der Waals surface area contributed by atoms with Crippen molar-refractivity contribution >= 4 is 5.91 Å². The summed E-state index contributed by atoms with van der Waals surface area (Å²) in [7, 11) is 1.59. The molecule has 0 fully saturated rings. The van der Waals surface area contributed by atoms with Gasteiger partial charge in [0.25, 0.3) is 11.5 Å². The van der Waals surface area contributed by atoms with Crippen LogP contribution in [-0.2, 0) is 0 Å². The molecule has 0 bridgehead atoms. The van der Waals surface area contributed by atoms with E-state index in [1.807, 2.05) is 38.1 Å². The molecule has 1 N–H and O–H groups in total. The minimum atomic E-state index is -0.378. The van der Waals surface area contributed by atoms with Gasteiger partial charge in [-0.1, -0.05) is 12.1 Å². The van der Waals surface area contributed by atoms with Crippen LogP contribution in [0.2, 0.25) is 0 Å². The molecule has 22 heavy (non-hydrogen) atoms.